The summed E-state index contributed by atoms with van der Waals surface area (Å²) < 4.78 is 9.94. The van der Waals surface area contributed by atoms with Gasteiger partial charge >= 0.3 is 0 Å². The number of hydrogen-bond acceptors (Lipinski definition) is 5. The van der Waals surface area contributed by atoms with Gasteiger partial charge in [0.25, 0.3) is 5.56 Å². The Balaban J connectivity index is 1.96. The van der Waals surface area contributed by atoms with E-state index in [0.29, 0.717) is 23.6 Å². The molecule has 4 heterocycles. The zero-order chi connectivity index (χ0) is 18.9. The van der Waals surface area contributed by atoms with Gasteiger partial charge in [-0.15, -0.1) is 16.4 Å². The summed E-state index contributed by atoms with van der Waals surface area (Å²) in [6, 6.07) is 7.85. The normalized spacial score (nSPS) is 16.1. The Morgan fingerprint density at radius 1 is 1.30 bits per heavy atom. The van der Waals surface area contributed by atoms with Crippen molar-refractivity contribution in [2.24, 2.45) is 0 Å². The average Bonchev–Trinajstić information content (AvgIpc) is 3.16. The first-order chi connectivity index (χ1) is 12.9. The molecule has 0 radical (unpaired) electrons. The summed E-state index contributed by atoms with van der Waals surface area (Å²) in [4.78, 5) is 15.5. The van der Waals surface area contributed by atoms with Gasteiger partial charge in [-0.1, -0.05) is 17.7 Å². The molecule has 0 saturated heterocycles. The van der Waals surface area contributed by atoms with Crippen LogP contribution in [0.3, 0.4) is 0 Å². The van der Waals surface area contributed by atoms with Crippen molar-refractivity contribution < 1.29 is 4.74 Å². The summed E-state index contributed by atoms with van der Waals surface area (Å²) >= 11 is 7.05. The van der Waals surface area contributed by atoms with Gasteiger partial charge in [0.2, 0.25) is 10.5 Å². The molecule has 138 valence electrons. The van der Waals surface area contributed by atoms with Crippen molar-refractivity contribution in [3.63, 3.8) is 0 Å². The van der Waals surface area contributed by atoms with Crippen LogP contribution in [0.5, 0.6) is 0 Å². The summed E-state index contributed by atoms with van der Waals surface area (Å²) in [5, 5.41) is 7.91. The van der Waals surface area contributed by atoms with E-state index >= 15 is 0 Å². The number of ether oxygens (including phenoxy) is 1. The van der Waals surface area contributed by atoms with E-state index in [1.165, 1.54) is 0 Å². The van der Waals surface area contributed by atoms with Crippen LogP contribution in [0.2, 0.25) is 0 Å². The highest BCUT2D eigenvalue weighted by Gasteiger charge is 2.32. The van der Waals surface area contributed by atoms with E-state index in [-0.39, 0.29) is 11.2 Å². The van der Waals surface area contributed by atoms with Gasteiger partial charge in [-0.05, 0) is 50.7 Å². The molecule has 1 aliphatic heterocycles. The Morgan fingerprint density at radius 2 is 2.04 bits per heavy atom. The van der Waals surface area contributed by atoms with Crippen molar-refractivity contribution in [1.82, 2.24) is 19.2 Å². The summed E-state index contributed by atoms with van der Waals surface area (Å²) in [5.74, 6) is 0.500. The van der Waals surface area contributed by atoms with E-state index < -0.39 is 0 Å². The second kappa shape index (κ2) is 5.60. The predicted octanol–water partition coefficient (Wildman–Crippen LogP) is 3.92. The number of aryl methyl sites for hydroxylation is 1. The van der Waals surface area contributed by atoms with Crippen LogP contribution in [0.25, 0.3) is 21.7 Å². The van der Waals surface area contributed by atoms with Gasteiger partial charge in [-0.2, -0.15) is 0 Å². The molecule has 27 heavy (non-hydrogen) atoms. The Morgan fingerprint density at radius 3 is 2.78 bits per heavy atom. The number of aromatic nitrogens is 4. The van der Waals surface area contributed by atoms with Gasteiger partial charge in [0.05, 0.1) is 23.3 Å². The molecular weight excluding hydrogens is 380 g/mol. The van der Waals surface area contributed by atoms with Crippen LogP contribution >= 0.6 is 23.6 Å². The van der Waals surface area contributed by atoms with E-state index in [9.17, 15) is 4.79 Å². The molecular formula is C19H18N4O2S2. The quantitative estimate of drug-likeness (QED) is 0.494. The molecule has 1 aliphatic rings. The number of benzene rings is 1. The average molecular weight is 399 g/mol. The van der Waals surface area contributed by atoms with E-state index in [4.69, 9.17) is 17.0 Å². The summed E-state index contributed by atoms with van der Waals surface area (Å²) in [7, 11) is 0. The molecule has 0 atom stereocenters. The minimum atomic E-state index is -0.297. The van der Waals surface area contributed by atoms with Crippen LogP contribution in [0, 0.1) is 11.7 Å². The standard InChI is InChI=1S/C19H18N4O2S2/c1-10-4-6-11(7-5-10)22-15(24)14-12-8-19(2,3)25-9-13(12)27-16(14)23-17(22)20-21-18(23)26/h4-7H,8-9H2,1-3H3,(H,21,26). The summed E-state index contributed by atoms with van der Waals surface area (Å²) in [5.41, 5.74) is 2.62. The zero-order valence-electron chi connectivity index (χ0n) is 15.2. The monoisotopic (exact) mass is 398 g/mol. The maximum absolute atomic E-state index is 13.6. The number of H-pyrrole nitrogens is 1. The molecule has 0 bridgehead atoms. The first kappa shape index (κ1) is 16.9. The summed E-state index contributed by atoms with van der Waals surface area (Å²) in [6.07, 6.45) is 0.697. The molecule has 6 nitrogen and oxygen atoms in total. The van der Waals surface area contributed by atoms with Crippen molar-refractivity contribution in [3.05, 3.63) is 55.4 Å². The number of fused-ring (bicyclic) bond motifs is 5. The molecule has 3 aromatic heterocycles. The highest BCUT2D eigenvalue weighted by atomic mass is 32.1. The van der Waals surface area contributed by atoms with Crippen molar-refractivity contribution in [3.8, 4) is 5.69 Å². The summed E-state index contributed by atoms with van der Waals surface area (Å²) in [6.45, 7) is 6.64. The number of nitrogens with zero attached hydrogens (tertiary/aromatic N) is 3. The lowest BCUT2D eigenvalue weighted by Gasteiger charge is -2.29. The molecule has 4 aromatic rings. The van der Waals surface area contributed by atoms with Crippen LogP contribution in [-0.2, 0) is 17.8 Å². The lowest BCUT2D eigenvalue weighted by atomic mass is 9.94. The number of rotatable bonds is 1. The molecule has 5 rings (SSSR count). The number of aromatic amines is 1. The Bertz CT molecular complexity index is 1320. The third-order valence-electron chi connectivity index (χ3n) is 5.04. The highest BCUT2D eigenvalue weighted by Crippen LogP contribution is 2.38. The van der Waals surface area contributed by atoms with Crippen LogP contribution in [0.1, 0.15) is 29.9 Å². The predicted molar refractivity (Wildman–Crippen MR) is 109 cm³/mol. The number of hydrogen-bond donors (Lipinski definition) is 1. The zero-order valence-corrected chi connectivity index (χ0v) is 16.8. The van der Waals surface area contributed by atoms with Crippen molar-refractivity contribution in [2.75, 3.05) is 0 Å². The van der Waals surface area contributed by atoms with Crippen molar-refractivity contribution in [2.45, 2.75) is 39.4 Å². The van der Waals surface area contributed by atoms with Crippen LogP contribution in [0.4, 0.5) is 0 Å². The second-order valence-electron chi connectivity index (χ2n) is 7.55. The topological polar surface area (TPSA) is 64.3 Å². The maximum Gasteiger partial charge on any atom is 0.268 e. The van der Waals surface area contributed by atoms with Crippen LogP contribution < -0.4 is 5.56 Å². The fraction of sp³-hybridized carbons (Fsp3) is 0.316. The molecule has 0 amide bonds. The fourth-order valence-electron chi connectivity index (χ4n) is 3.67. The van der Waals surface area contributed by atoms with E-state index in [2.05, 4.69) is 24.0 Å². The van der Waals surface area contributed by atoms with Gasteiger partial charge in [0.15, 0.2) is 0 Å². The molecule has 0 fully saturated rings. The SMILES string of the molecule is Cc1ccc(-n2c(=O)c3c4c(sc3n3c(=S)[nH]nc23)COC(C)(C)C4)cc1. The Labute approximate surface area is 164 Å². The first-order valence-electron chi connectivity index (χ1n) is 8.73. The van der Waals surface area contributed by atoms with E-state index in [1.54, 1.807) is 15.9 Å². The number of nitrogens with one attached hydrogen (secondary N) is 1. The largest absolute Gasteiger partial charge is 0.370 e. The molecule has 1 N–H and O–H groups in total. The Kier molecular flexibility index (Phi) is 3.50. The van der Waals surface area contributed by atoms with Gasteiger partial charge in [-0.25, -0.2) is 14.1 Å². The molecule has 8 heteroatoms. The van der Waals surface area contributed by atoms with Crippen LogP contribution in [0.15, 0.2) is 29.1 Å². The third-order valence-corrected chi connectivity index (χ3v) is 6.50. The van der Waals surface area contributed by atoms with Gasteiger partial charge in [0.1, 0.15) is 4.83 Å². The minimum absolute atomic E-state index is 0.0643. The van der Waals surface area contributed by atoms with E-state index in [0.717, 1.165) is 31.9 Å². The van der Waals surface area contributed by atoms with Crippen LogP contribution in [-0.4, -0.2) is 24.8 Å². The van der Waals surface area contributed by atoms with E-state index in [1.807, 2.05) is 35.6 Å². The van der Waals surface area contributed by atoms with Crippen molar-refractivity contribution >= 4 is 39.5 Å². The maximum atomic E-state index is 13.6. The lowest BCUT2D eigenvalue weighted by molar-refractivity contribution is -0.0379. The molecule has 0 aliphatic carbocycles. The third kappa shape index (κ3) is 2.44. The van der Waals surface area contributed by atoms with Gasteiger partial charge in [0, 0.05) is 11.3 Å². The minimum Gasteiger partial charge on any atom is -0.370 e. The molecule has 0 spiro atoms. The van der Waals surface area contributed by atoms with Gasteiger partial charge in [-0.3, -0.25) is 4.79 Å². The van der Waals surface area contributed by atoms with Gasteiger partial charge < -0.3 is 4.74 Å². The fourth-order valence-corrected chi connectivity index (χ4v) is 5.17. The Hall–Kier alpha value is -2.29. The van der Waals surface area contributed by atoms with Crippen molar-refractivity contribution in [1.29, 1.82) is 0 Å². The second-order valence-corrected chi connectivity index (χ2v) is 9.02. The molecule has 0 unspecified atom stereocenters. The lowest BCUT2D eigenvalue weighted by Crippen LogP contribution is -2.32. The molecule has 1 aromatic carbocycles. The highest BCUT2D eigenvalue weighted by molar-refractivity contribution is 7.71. The molecule has 0 saturated carbocycles. The number of thiophene rings is 1. The smallest absolute Gasteiger partial charge is 0.268 e. The first-order valence-corrected chi connectivity index (χ1v) is 9.95.